The minimum absolute atomic E-state index is 0.00187. The lowest BCUT2D eigenvalue weighted by Gasteiger charge is -2.24. The van der Waals surface area contributed by atoms with Gasteiger partial charge in [0.25, 0.3) is 0 Å². The van der Waals surface area contributed by atoms with Gasteiger partial charge in [0.1, 0.15) is 23.6 Å². The van der Waals surface area contributed by atoms with E-state index in [1.807, 2.05) is 0 Å². The van der Waals surface area contributed by atoms with Crippen molar-refractivity contribution in [3.05, 3.63) is 47.5 Å². The van der Waals surface area contributed by atoms with Gasteiger partial charge < -0.3 is 43.4 Å². The molecule has 3 rings (SSSR count). The normalized spacial score (nSPS) is 20.2. The van der Waals surface area contributed by atoms with Gasteiger partial charge in [-0.25, -0.2) is 0 Å². The third kappa shape index (κ3) is 7.42. The fourth-order valence-electron chi connectivity index (χ4n) is 4.19. The number of hydrogen-bond acceptors (Lipinski definition) is 8. The van der Waals surface area contributed by atoms with E-state index in [0.29, 0.717) is 43.6 Å². The van der Waals surface area contributed by atoms with Crippen molar-refractivity contribution < 1.29 is 24.6 Å². The SMILES string of the molecule is NCCCNC(=O)[C@@H]1Cc2cc(ccc2O)-c2ccc(O)c(c2)C[C@H](N)C(=O)N[C@@H](CCCN)C(=O)N1. The summed E-state index contributed by atoms with van der Waals surface area (Å²) in [6.07, 6.45) is 1.29. The number of phenolic OH excluding ortho intramolecular Hbond substituents is 2. The van der Waals surface area contributed by atoms with Crippen molar-refractivity contribution in [3.63, 3.8) is 0 Å². The van der Waals surface area contributed by atoms with Crippen molar-refractivity contribution in [1.82, 2.24) is 16.0 Å². The summed E-state index contributed by atoms with van der Waals surface area (Å²) in [5, 5.41) is 29.1. The van der Waals surface area contributed by atoms with Gasteiger partial charge in [0.05, 0.1) is 6.04 Å². The second-order valence-electron chi connectivity index (χ2n) is 9.19. The summed E-state index contributed by atoms with van der Waals surface area (Å²) < 4.78 is 0. The number of rotatable bonds is 7. The number of aromatic hydroxyl groups is 2. The Labute approximate surface area is 215 Å². The van der Waals surface area contributed by atoms with Crippen LogP contribution in [0.5, 0.6) is 11.5 Å². The number of carbonyl (C=O) groups is 3. The predicted octanol–water partition coefficient (Wildman–Crippen LogP) is -0.636. The minimum Gasteiger partial charge on any atom is -0.508 e. The van der Waals surface area contributed by atoms with Crippen molar-refractivity contribution in [2.45, 2.75) is 50.2 Å². The highest BCUT2D eigenvalue weighted by Gasteiger charge is 2.29. The molecular weight excluding hydrogens is 476 g/mol. The fourth-order valence-corrected chi connectivity index (χ4v) is 4.19. The number of phenols is 2. The Bertz CT molecular complexity index is 1120. The van der Waals surface area contributed by atoms with E-state index in [1.165, 1.54) is 12.1 Å². The molecule has 4 bridgehead atoms. The van der Waals surface area contributed by atoms with Crippen LogP contribution in [0.4, 0.5) is 0 Å². The molecule has 0 saturated heterocycles. The minimum atomic E-state index is -1.04. The maximum atomic E-state index is 13.3. The van der Waals surface area contributed by atoms with Crippen molar-refractivity contribution in [3.8, 4) is 22.6 Å². The molecule has 1 aliphatic heterocycles. The Morgan fingerprint density at radius 2 is 1.49 bits per heavy atom. The molecule has 200 valence electrons. The number of nitrogens with two attached hydrogens (primary N) is 3. The Hall–Kier alpha value is -3.67. The fraction of sp³-hybridized carbons (Fsp3) is 0.423. The number of hydrogen-bond donors (Lipinski definition) is 8. The standard InChI is InChI=1S/C26H36N6O5/c27-8-1-3-20-26(37)32-21(25(36)30-10-2-9-28)14-18-12-16(5-7-23(18)34)15-4-6-22(33)17(11-15)13-19(29)24(35)31-20/h4-7,11-12,19-21,33-34H,1-3,8-10,13-14,27-29H2,(H,30,36)(H,31,35)(H,32,37)/t19-,20-,21-/m0/s1. The molecule has 0 aliphatic carbocycles. The van der Waals surface area contributed by atoms with Crippen LogP contribution < -0.4 is 33.2 Å². The maximum Gasteiger partial charge on any atom is 0.243 e. The molecule has 1 heterocycles. The molecule has 0 aromatic heterocycles. The lowest BCUT2D eigenvalue weighted by Crippen LogP contribution is -2.56. The van der Waals surface area contributed by atoms with Gasteiger partial charge in [-0.15, -0.1) is 0 Å². The van der Waals surface area contributed by atoms with E-state index in [4.69, 9.17) is 17.2 Å². The molecule has 0 fully saturated rings. The van der Waals surface area contributed by atoms with Crippen LogP contribution in [-0.2, 0) is 27.2 Å². The Kier molecular flexibility index (Phi) is 9.84. The second-order valence-corrected chi connectivity index (χ2v) is 9.19. The van der Waals surface area contributed by atoms with Crippen molar-refractivity contribution in [1.29, 1.82) is 0 Å². The zero-order valence-corrected chi connectivity index (χ0v) is 20.7. The number of benzene rings is 2. The second kappa shape index (κ2) is 13.0. The maximum absolute atomic E-state index is 13.3. The van der Waals surface area contributed by atoms with E-state index in [2.05, 4.69) is 16.0 Å². The molecule has 2 aromatic carbocycles. The highest BCUT2D eigenvalue weighted by molar-refractivity contribution is 5.93. The summed E-state index contributed by atoms with van der Waals surface area (Å²) in [7, 11) is 0. The monoisotopic (exact) mass is 512 g/mol. The van der Waals surface area contributed by atoms with Crippen LogP contribution in [-0.4, -0.2) is 65.7 Å². The van der Waals surface area contributed by atoms with Crippen molar-refractivity contribution >= 4 is 17.7 Å². The van der Waals surface area contributed by atoms with Gasteiger partial charge in [0, 0.05) is 19.4 Å². The predicted molar refractivity (Wildman–Crippen MR) is 139 cm³/mol. The van der Waals surface area contributed by atoms with Crippen LogP contribution in [0, 0.1) is 0 Å². The molecule has 11 nitrogen and oxygen atoms in total. The summed E-state index contributed by atoms with van der Waals surface area (Å²) in [6.45, 7) is 1.02. The Balaban J connectivity index is 2.06. The molecule has 0 radical (unpaired) electrons. The lowest BCUT2D eigenvalue weighted by atomic mass is 9.95. The zero-order chi connectivity index (χ0) is 26.9. The summed E-state index contributed by atoms with van der Waals surface area (Å²) in [6, 6.07) is 6.86. The van der Waals surface area contributed by atoms with Gasteiger partial charge in [-0.1, -0.05) is 12.1 Å². The molecule has 3 amide bonds. The van der Waals surface area contributed by atoms with E-state index in [0.717, 1.165) is 11.1 Å². The van der Waals surface area contributed by atoms with Crippen LogP contribution in [0.3, 0.4) is 0 Å². The molecule has 3 atom stereocenters. The molecule has 1 aliphatic rings. The third-order valence-electron chi connectivity index (χ3n) is 6.34. The summed E-state index contributed by atoms with van der Waals surface area (Å²) in [4.78, 5) is 39.2. The van der Waals surface area contributed by atoms with Crippen LogP contribution in [0.2, 0.25) is 0 Å². The van der Waals surface area contributed by atoms with Crippen LogP contribution in [0.1, 0.15) is 30.4 Å². The van der Waals surface area contributed by atoms with Crippen molar-refractivity contribution in [2.75, 3.05) is 19.6 Å². The smallest absolute Gasteiger partial charge is 0.243 e. The number of nitrogens with one attached hydrogen (secondary N) is 3. The molecule has 0 unspecified atom stereocenters. The first-order chi connectivity index (χ1) is 17.7. The number of carbonyl (C=O) groups excluding carboxylic acids is 3. The average Bonchev–Trinajstić information content (AvgIpc) is 2.88. The van der Waals surface area contributed by atoms with Gasteiger partial charge in [-0.2, -0.15) is 0 Å². The molecule has 0 saturated carbocycles. The number of amides is 3. The van der Waals surface area contributed by atoms with Crippen LogP contribution >= 0.6 is 0 Å². The van der Waals surface area contributed by atoms with Gasteiger partial charge >= 0.3 is 0 Å². The van der Waals surface area contributed by atoms with E-state index in [9.17, 15) is 24.6 Å². The average molecular weight is 513 g/mol. The van der Waals surface area contributed by atoms with E-state index in [1.54, 1.807) is 24.3 Å². The Morgan fingerprint density at radius 1 is 0.892 bits per heavy atom. The van der Waals surface area contributed by atoms with E-state index < -0.39 is 35.8 Å². The molecule has 0 spiro atoms. The summed E-state index contributed by atoms with van der Waals surface area (Å²) in [5.41, 5.74) is 19.7. The highest BCUT2D eigenvalue weighted by atomic mass is 16.3. The van der Waals surface area contributed by atoms with Crippen molar-refractivity contribution in [2.24, 2.45) is 17.2 Å². The topological polar surface area (TPSA) is 206 Å². The first-order valence-corrected chi connectivity index (χ1v) is 12.4. The van der Waals surface area contributed by atoms with Gasteiger partial charge in [0.15, 0.2) is 0 Å². The molecule has 2 aromatic rings. The molecule has 11 N–H and O–H groups in total. The lowest BCUT2D eigenvalue weighted by molar-refractivity contribution is -0.132. The Morgan fingerprint density at radius 3 is 2.08 bits per heavy atom. The molecular formula is C26H36N6O5. The van der Waals surface area contributed by atoms with Gasteiger partial charge in [-0.3, -0.25) is 14.4 Å². The number of fused-ring (bicyclic) bond motifs is 5. The molecule has 11 heteroatoms. The third-order valence-corrected chi connectivity index (χ3v) is 6.34. The summed E-state index contributed by atoms with van der Waals surface area (Å²) in [5.74, 6) is -1.62. The van der Waals surface area contributed by atoms with Gasteiger partial charge in [0.2, 0.25) is 17.7 Å². The first-order valence-electron chi connectivity index (χ1n) is 12.4. The molecule has 37 heavy (non-hydrogen) atoms. The first kappa shape index (κ1) is 27.9. The van der Waals surface area contributed by atoms with E-state index >= 15 is 0 Å². The summed E-state index contributed by atoms with van der Waals surface area (Å²) >= 11 is 0. The van der Waals surface area contributed by atoms with Gasteiger partial charge in [-0.05, 0) is 78.9 Å². The highest BCUT2D eigenvalue weighted by Crippen LogP contribution is 2.30. The van der Waals surface area contributed by atoms with Crippen LogP contribution in [0.25, 0.3) is 11.1 Å². The van der Waals surface area contributed by atoms with E-state index in [-0.39, 0.29) is 30.8 Å². The largest absolute Gasteiger partial charge is 0.508 e. The zero-order valence-electron chi connectivity index (χ0n) is 20.7. The van der Waals surface area contributed by atoms with Crippen LogP contribution in [0.15, 0.2) is 36.4 Å². The quantitative estimate of drug-likeness (QED) is 0.223.